The molecule has 2 aliphatic rings. The first-order chi connectivity index (χ1) is 8.63. The number of nitrogens with zero attached hydrogens (tertiary/aromatic N) is 1. The van der Waals surface area contributed by atoms with E-state index in [0.717, 1.165) is 19.3 Å². The summed E-state index contributed by atoms with van der Waals surface area (Å²) in [5, 5.41) is 18.2. The van der Waals surface area contributed by atoms with Crippen LogP contribution in [0.3, 0.4) is 0 Å². The lowest BCUT2D eigenvalue weighted by molar-refractivity contribution is -0.149. The number of hydrogen-bond acceptors (Lipinski definition) is 3. The fourth-order valence-corrected chi connectivity index (χ4v) is 3.12. The number of piperidine rings is 1. The SMILES string of the molecule is O=C(O)C1CCCC1C(=O)N1CCC(CO)CC1. The summed E-state index contributed by atoms with van der Waals surface area (Å²) in [5.41, 5.74) is 0. The van der Waals surface area contributed by atoms with Gasteiger partial charge in [-0.05, 0) is 31.6 Å². The van der Waals surface area contributed by atoms with Gasteiger partial charge in [-0.2, -0.15) is 0 Å². The number of carboxylic acids is 1. The van der Waals surface area contributed by atoms with E-state index >= 15 is 0 Å². The molecule has 0 aromatic carbocycles. The zero-order valence-electron chi connectivity index (χ0n) is 10.5. The average molecular weight is 255 g/mol. The van der Waals surface area contributed by atoms with Crippen LogP contribution < -0.4 is 0 Å². The summed E-state index contributed by atoms with van der Waals surface area (Å²) < 4.78 is 0. The van der Waals surface area contributed by atoms with Crippen LogP contribution in [0.5, 0.6) is 0 Å². The smallest absolute Gasteiger partial charge is 0.307 e. The van der Waals surface area contributed by atoms with E-state index in [1.54, 1.807) is 4.90 Å². The fourth-order valence-electron chi connectivity index (χ4n) is 3.12. The lowest BCUT2D eigenvalue weighted by Gasteiger charge is -2.33. The second-order valence-corrected chi connectivity index (χ2v) is 5.43. The Hall–Kier alpha value is -1.10. The van der Waals surface area contributed by atoms with Gasteiger partial charge >= 0.3 is 5.97 Å². The highest BCUT2D eigenvalue weighted by molar-refractivity contribution is 5.85. The van der Waals surface area contributed by atoms with Gasteiger partial charge in [0.2, 0.25) is 5.91 Å². The van der Waals surface area contributed by atoms with E-state index in [4.69, 9.17) is 10.2 Å². The highest BCUT2D eigenvalue weighted by Crippen LogP contribution is 2.34. The van der Waals surface area contributed by atoms with Gasteiger partial charge in [0, 0.05) is 19.7 Å². The van der Waals surface area contributed by atoms with Crippen molar-refractivity contribution in [1.82, 2.24) is 4.90 Å². The maximum atomic E-state index is 12.3. The van der Waals surface area contributed by atoms with Crippen molar-refractivity contribution in [3.8, 4) is 0 Å². The maximum Gasteiger partial charge on any atom is 0.307 e. The number of likely N-dealkylation sites (tertiary alicyclic amines) is 1. The molecule has 0 radical (unpaired) electrons. The predicted octanol–water partition coefficient (Wildman–Crippen LogP) is 0.718. The summed E-state index contributed by atoms with van der Waals surface area (Å²) in [6.07, 6.45) is 3.81. The van der Waals surface area contributed by atoms with E-state index in [-0.39, 0.29) is 18.4 Å². The van der Waals surface area contributed by atoms with E-state index in [9.17, 15) is 9.59 Å². The molecule has 5 nitrogen and oxygen atoms in total. The second kappa shape index (κ2) is 5.69. The van der Waals surface area contributed by atoms with Gasteiger partial charge in [0.25, 0.3) is 0 Å². The normalized spacial score (nSPS) is 29.5. The monoisotopic (exact) mass is 255 g/mol. The first kappa shape index (κ1) is 13.3. The van der Waals surface area contributed by atoms with Gasteiger partial charge in [-0.25, -0.2) is 0 Å². The van der Waals surface area contributed by atoms with E-state index in [2.05, 4.69) is 0 Å². The van der Waals surface area contributed by atoms with Crippen molar-refractivity contribution in [2.45, 2.75) is 32.1 Å². The Kier molecular flexibility index (Phi) is 4.22. The van der Waals surface area contributed by atoms with Crippen LogP contribution in [0.15, 0.2) is 0 Å². The molecule has 0 bridgehead atoms. The number of carboxylic acid groups (broad SMARTS) is 1. The van der Waals surface area contributed by atoms with Crippen molar-refractivity contribution in [3.63, 3.8) is 0 Å². The van der Waals surface area contributed by atoms with E-state index in [0.29, 0.717) is 31.8 Å². The van der Waals surface area contributed by atoms with E-state index in [1.807, 2.05) is 0 Å². The summed E-state index contributed by atoms with van der Waals surface area (Å²) in [6.45, 7) is 1.50. The Morgan fingerprint density at radius 1 is 1.06 bits per heavy atom. The van der Waals surface area contributed by atoms with Gasteiger partial charge in [0.15, 0.2) is 0 Å². The van der Waals surface area contributed by atoms with Crippen molar-refractivity contribution < 1.29 is 19.8 Å². The molecule has 2 unspecified atom stereocenters. The summed E-state index contributed by atoms with van der Waals surface area (Å²) in [7, 11) is 0. The van der Waals surface area contributed by atoms with Crippen LogP contribution in [0.1, 0.15) is 32.1 Å². The molecule has 5 heteroatoms. The topological polar surface area (TPSA) is 77.8 Å². The lowest BCUT2D eigenvalue weighted by Crippen LogP contribution is -2.44. The molecule has 0 spiro atoms. The van der Waals surface area contributed by atoms with E-state index < -0.39 is 11.9 Å². The molecule has 2 N–H and O–H groups in total. The van der Waals surface area contributed by atoms with Crippen LogP contribution in [-0.2, 0) is 9.59 Å². The zero-order valence-corrected chi connectivity index (χ0v) is 10.5. The van der Waals surface area contributed by atoms with Gasteiger partial charge in [-0.1, -0.05) is 6.42 Å². The van der Waals surface area contributed by atoms with Gasteiger partial charge in [-0.3, -0.25) is 9.59 Å². The second-order valence-electron chi connectivity index (χ2n) is 5.43. The average Bonchev–Trinajstić information content (AvgIpc) is 2.87. The van der Waals surface area contributed by atoms with Crippen molar-refractivity contribution in [3.05, 3.63) is 0 Å². The third kappa shape index (κ3) is 2.66. The summed E-state index contributed by atoms with van der Waals surface area (Å²) in [4.78, 5) is 25.2. The number of carbonyl (C=O) groups excluding carboxylic acids is 1. The van der Waals surface area contributed by atoms with Gasteiger partial charge in [0.1, 0.15) is 0 Å². The van der Waals surface area contributed by atoms with Crippen LogP contribution in [-0.4, -0.2) is 46.7 Å². The molecule has 1 saturated carbocycles. The van der Waals surface area contributed by atoms with Crippen LogP contribution in [0.2, 0.25) is 0 Å². The van der Waals surface area contributed by atoms with Crippen LogP contribution in [0, 0.1) is 17.8 Å². The molecule has 18 heavy (non-hydrogen) atoms. The third-order valence-corrected chi connectivity index (χ3v) is 4.33. The molecule has 2 rings (SSSR count). The molecule has 1 aliphatic carbocycles. The lowest BCUT2D eigenvalue weighted by atomic mass is 9.92. The van der Waals surface area contributed by atoms with Crippen LogP contribution in [0.25, 0.3) is 0 Å². The quantitative estimate of drug-likeness (QED) is 0.779. The van der Waals surface area contributed by atoms with Gasteiger partial charge in [0.05, 0.1) is 11.8 Å². The Morgan fingerprint density at radius 3 is 2.22 bits per heavy atom. The van der Waals surface area contributed by atoms with Gasteiger partial charge in [-0.15, -0.1) is 0 Å². The minimum absolute atomic E-state index is 0.0105. The minimum atomic E-state index is -0.837. The molecule has 0 aromatic rings. The largest absolute Gasteiger partial charge is 0.481 e. The Bertz CT molecular complexity index is 323. The fraction of sp³-hybridized carbons (Fsp3) is 0.846. The highest BCUT2D eigenvalue weighted by Gasteiger charge is 2.40. The van der Waals surface area contributed by atoms with E-state index in [1.165, 1.54) is 0 Å². The van der Waals surface area contributed by atoms with Gasteiger partial charge < -0.3 is 15.1 Å². The first-order valence-electron chi connectivity index (χ1n) is 6.76. The predicted molar refractivity (Wildman–Crippen MR) is 64.9 cm³/mol. The third-order valence-electron chi connectivity index (χ3n) is 4.33. The maximum absolute atomic E-state index is 12.3. The number of amides is 1. The highest BCUT2D eigenvalue weighted by atomic mass is 16.4. The molecular formula is C13H21NO4. The van der Waals surface area contributed by atoms with Crippen molar-refractivity contribution in [2.75, 3.05) is 19.7 Å². The summed E-state index contributed by atoms with van der Waals surface area (Å²) >= 11 is 0. The Morgan fingerprint density at radius 2 is 1.67 bits per heavy atom. The molecule has 1 aliphatic heterocycles. The number of aliphatic hydroxyl groups excluding tert-OH is 1. The number of carbonyl (C=O) groups is 2. The summed E-state index contributed by atoms with van der Waals surface area (Å²) in [6, 6.07) is 0. The van der Waals surface area contributed by atoms with Crippen molar-refractivity contribution >= 4 is 11.9 Å². The number of hydrogen-bond donors (Lipinski definition) is 2. The van der Waals surface area contributed by atoms with Crippen molar-refractivity contribution in [1.29, 1.82) is 0 Å². The molecule has 0 aromatic heterocycles. The van der Waals surface area contributed by atoms with Crippen LogP contribution in [0.4, 0.5) is 0 Å². The Balaban J connectivity index is 1.93. The molecule has 2 atom stereocenters. The molecular weight excluding hydrogens is 234 g/mol. The number of aliphatic carboxylic acids is 1. The number of aliphatic hydroxyl groups is 1. The molecule has 2 fully saturated rings. The number of rotatable bonds is 3. The Labute approximate surface area is 107 Å². The molecule has 1 amide bonds. The van der Waals surface area contributed by atoms with Crippen LogP contribution >= 0.6 is 0 Å². The minimum Gasteiger partial charge on any atom is -0.481 e. The molecule has 102 valence electrons. The summed E-state index contributed by atoms with van der Waals surface area (Å²) in [5.74, 6) is -1.35. The zero-order chi connectivity index (χ0) is 13.1. The van der Waals surface area contributed by atoms with Crippen molar-refractivity contribution in [2.24, 2.45) is 17.8 Å². The first-order valence-corrected chi connectivity index (χ1v) is 6.76. The molecule has 1 heterocycles. The standard InChI is InChI=1S/C13H21NO4/c15-8-9-4-6-14(7-5-9)12(16)10-2-1-3-11(10)13(17)18/h9-11,15H,1-8H2,(H,17,18). The molecule has 1 saturated heterocycles.